The molecule has 11 heavy (non-hydrogen) atoms. The van der Waals surface area contributed by atoms with Crippen molar-refractivity contribution in [3.8, 4) is 0 Å². The van der Waals surface area contributed by atoms with Gasteiger partial charge < -0.3 is 9.53 Å². The second kappa shape index (κ2) is 3.97. The van der Waals surface area contributed by atoms with E-state index in [4.69, 9.17) is 4.74 Å². The first kappa shape index (κ1) is 8.87. The third-order valence-corrected chi connectivity index (χ3v) is 3.64. The summed E-state index contributed by atoms with van der Waals surface area (Å²) in [5, 5.41) is 0.0696. The van der Waals surface area contributed by atoms with Gasteiger partial charge in [-0.15, -0.1) is 0 Å². The maximum absolute atomic E-state index is 11.3. The second-order valence-corrected chi connectivity index (χ2v) is 4.32. The van der Waals surface area contributed by atoms with Crippen molar-refractivity contribution in [3.63, 3.8) is 0 Å². The van der Waals surface area contributed by atoms with E-state index in [0.29, 0.717) is 12.9 Å². The lowest BCUT2D eigenvalue weighted by Gasteiger charge is -2.10. The SMILES string of the molecule is CC1OCCC1S(=O)CC=O. The van der Waals surface area contributed by atoms with Gasteiger partial charge in [0.05, 0.1) is 17.1 Å². The Morgan fingerprint density at radius 3 is 2.91 bits per heavy atom. The first-order valence-electron chi connectivity index (χ1n) is 3.68. The summed E-state index contributed by atoms with van der Waals surface area (Å²) in [5.41, 5.74) is 0. The van der Waals surface area contributed by atoms with Gasteiger partial charge in [0.25, 0.3) is 0 Å². The van der Waals surface area contributed by atoms with Gasteiger partial charge in [0.15, 0.2) is 0 Å². The number of rotatable bonds is 3. The number of hydrogen-bond acceptors (Lipinski definition) is 3. The minimum Gasteiger partial charge on any atom is -0.377 e. The molecule has 1 heterocycles. The summed E-state index contributed by atoms with van der Waals surface area (Å²) in [5.74, 6) is 0.151. The van der Waals surface area contributed by atoms with E-state index in [9.17, 15) is 9.00 Å². The van der Waals surface area contributed by atoms with E-state index >= 15 is 0 Å². The minimum absolute atomic E-state index is 0.0517. The second-order valence-electron chi connectivity index (χ2n) is 2.62. The predicted octanol–water partition coefficient (Wildman–Crippen LogP) is 0.111. The summed E-state index contributed by atoms with van der Waals surface area (Å²) >= 11 is 0. The van der Waals surface area contributed by atoms with E-state index in [2.05, 4.69) is 0 Å². The minimum atomic E-state index is -1.02. The monoisotopic (exact) mass is 176 g/mol. The highest BCUT2D eigenvalue weighted by Crippen LogP contribution is 2.18. The van der Waals surface area contributed by atoms with E-state index in [1.54, 1.807) is 0 Å². The molecule has 1 aliphatic rings. The van der Waals surface area contributed by atoms with Crippen LogP contribution >= 0.6 is 0 Å². The Morgan fingerprint density at radius 2 is 2.45 bits per heavy atom. The normalized spacial score (nSPS) is 33.5. The molecule has 0 aliphatic carbocycles. The van der Waals surface area contributed by atoms with Crippen LogP contribution in [0.4, 0.5) is 0 Å². The smallest absolute Gasteiger partial charge is 0.132 e. The molecular formula is C7H12O3S. The van der Waals surface area contributed by atoms with Crippen molar-refractivity contribution in [1.82, 2.24) is 0 Å². The Morgan fingerprint density at radius 1 is 1.73 bits per heavy atom. The molecule has 0 amide bonds. The Bertz CT molecular complexity index is 169. The lowest BCUT2D eigenvalue weighted by molar-refractivity contribution is -0.105. The molecule has 0 saturated carbocycles. The molecule has 4 heteroatoms. The van der Waals surface area contributed by atoms with Crippen molar-refractivity contribution in [2.75, 3.05) is 12.4 Å². The third-order valence-electron chi connectivity index (χ3n) is 1.88. The Balaban J connectivity index is 2.45. The molecule has 0 aromatic heterocycles. The largest absolute Gasteiger partial charge is 0.377 e. The molecule has 3 atom stereocenters. The number of carbonyl (C=O) groups is 1. The van der Waals surface area contributed by atoms with Crippen LogP contribution in [0.1, 0.15) is 13.3 Å². The predicted molar refractivity (Wildman–Crippen MR) is 42.9 cm³/mol. The fourth-order valence-electron chi connectivity index (χ4n) is 1.25. The van der Waals surface area contributed by atoms with Crippen LogP contribution in [-0.2, 0) is 20.3 Å². The van der Waals surface area contributed by atoms with E-state index in [-0.39, 0.29) is 17.1 Å². The maximum atomic E-state index is 11.3. The van der Waals surface area contributed by atoms with Gasteiger partial charge in [-0.1, -0.05) is 0 Å². The summed E-state index contributed by atoms with van der Waals surface area (Å²) in [6.45, 7) is 2.58. The summed E-state index contributed by atoms with van der Waals surface area (Å²) < 4.78 is 16.5. The molecule has 0 spiro atoms. The van der Waals surface area contributed by atoms with Crippen LogP contribution in [0.3, 0.4) is 0 Å². The average molecular weight is 176 g/mol. The highest BCUT2D eigenvalue weighted by atomic mass is 32.2. The molecule has 1 fully saturated rings. The van der Waals surface area contributed by atoms with E-state index in [0.717, 1.165) is 6.42 Å². The number of carbonyl (C=O) groups excluding carboxylic acids is 1. The Kier molecular flexibility index (Phi) is 3.20. The first-order valence-corrected chi connectivity index (χ1v) is 5.06. The topological polar surface area (TPSA) is 43.4 Å². The molecule has 3 unspecified atom stereocenters. The maximum Gasteiger partial charge on any atom is 0.132 e. The molecule has 0 radical (unpaired) electrons. The zero-order valence-electron chi connectivity index (χ0n) is 6.49. The lowest BCUT2D eigenvalue weighted by Crippen LogP contribution is -2.25. The van der Waals surface area contributed by atoms with E-state index in [1.807, 2.05) is 6.92 Å². The number of hydrogen-bond donors (Lipinski definition) is 0. The third kappa shape index (κ3) is 2.10. The fraction of sp³-hybridized carbons (Fsp3) is 0.857. The van der Waals surface area contributed by atoms with Crippen molar-refractivity contribution in [2.45, 2.75) is 24.7 Å². The summed E-state index contributed by atoms with van der Waals surface area (Å²) in [4.78, 5) is 10.0. The quantitative estimate of drug-likeness (QED) is 0.573. The van der Waals surface area contributed by atoms with Crippen LogP contribution < -0.4 is 0 Å². The van der Waals surface area contributed by atoms with Crippen molar-refractivity contribution in [2.24, 2.45) is 0 Å². The number of ether oxygens (including phenoxy) is 1. The zero-order chi connectivity index (χ0) is 8.27. The van der Waals surface area contributed by atoms with Crippen LogP contribution in [-0.4, -0.2) is 34.2 Å². The van der Waals surface area contributed by atoms with Gasteiger partial charge in [0.1, 0.15) is 6.29 Å². The van der Waals surface area contributed by atoms with Gasteiger partial charge in [0, 0.05) is 17.4 Å². The summed E-state index contributed by atoms with van der Waals surface area (Å²) in [6, 6.07) is 0. The molecule has 1 aliphatic heterocycles. The van der Waals surface area contributed by atoms with Crippen molar-refractivity contribution in [3.05, 3.63) is 0 Å². The van der Waals surface area contributed by atoms with Crippen molar-refractivity contribution < 1.29 is 13.7 Å². The molecule has 1 rings (SSSR count). The fourth-order valence-corrected chi connectivity index (χ4v) is 2.49. The highest BCUT2D eigenvalue weighted by Gasteiger charge is 2.28. The van der Waals surface area contributed by atoms with Crippen molar-refractivity contribution >= 4 is 17.1 Å². The van der Waals surface area contributed by atoms with Gasteiger partial charge in [-0.3, -0.25) is 4.21 Å². The summed E-state index contributed by atoms with van der Waals surface area (Å²) in [7, 11) is -1.02. The van der Waals surface area contributed by atoms with Gasteiger partial charge >= 0.3 is 0 Å². The van der Waals surface area contributed by atoms with Crippen LogP contribution in [0.15, 0.2) is 0 Å². The van der Waals surface area contributed by atoms with Crippen molar-refractivity contribution in [1.29, 1.82) is 0 Å². The molecular weight excluding hydrogens is 164 g/mol. The molecule has 0 bridgehead atoms. The number of aldehydes is 1. The zero-order valence-corrected chi connectivity index (χ0v) is 7.30. The Hall–Kier alpha value is -0.220. The average Bonchev–Trinajstić information content (AvgIpc) is 2.36. The highest BCUT2D eigenvalue weighted by molar-refractivity contribution is 7.86. The van der Waals surface area contributed by atoms with Gasteiger partial charge in [0.2, 0.25) is 0 Å². The van der Waals surface area contributed by atoms with E-state index in [1.165, 1.54) is 0 Å². The van der Waals surface area contributed by atoms with Gasteiger partial charge in [-0.05, 0) is 13.3 Å². The van der Waals surface area contributed by atoms with E-state index < -0.39 is 10.8 Å². The molecule has 64 valence electrons. The molecule has 0 aromatic rings. The first-order chi connectivity index (χ1) is 5.25. The van der Waals surface area contributed by atoms with Crippen LogP contribution in [0.5, 0.6) is 0 Å². The van der Waals surface area contributed by atoms with Crippen LogP contribution in [0, 0.1) is 0 Å². The molecule has 0 aromatic carbocycles. The summed E-state index contributed by atoms with van der Waals surface area (Å²) in [6.07, 6.45) is 1.58. The lowest BCUT2D eigenvalue weighted by atomic mass is 10.3. The Labute approximate surface area is 68.6 Å². The van der Waals surface area contributed by atoms with Crippen LogP contribution in [0.2, 0.25) is 0 Å². The molecule has 1 saturated heterocycles. The standard InChI is InChI=1S/C7H12O3S/c1-6-7(2-4-10-6)11(9)5-3-8/h3,6-7H,2,4-5H2,1H3. The van der Waals surface area contributed by atoms with Gasteiger partial charge in [-0.2, -0.15) is 0 Å². The van der Waals surface area contributed by atoms with Crippen LogP contribution in [0.25, 0.3) is 0 Å². The van der Waals surface area contributed by atoms with Gasteiger partial charge in [-0.25, -0.2) is 0 Å². The molecule has 0 N–H and O–H groups in total. The molecule has 3 nitrogen and oxygen atoms in total.